The maximum absolute atomic E-state index is 12.8. The molecule has 0 spiro atoms. The van der Waals surface area contributed by atoms with Crippen LogP contribution in [0.2, 0.25) is 0 Å². The summed E-state index contributed by atoms with van der Waals surface area (Å²) >= 11 is 1.70. The maximum atomic E-state index is 12.8. The minimum absolute atomic E-state index is 0.00155. The first-order valence-corrected chi connectivity index (χ1v) is 8.93. The average molecular weight is 334 g/mol. The SMILES string of the molecule is O=C(C=Cc1ccccc1)N1CCn2cccc2C1c1cccs1. The standard InChI is InChI=1S/C20H18N2OS/c23-19(11-10-16-6-2-1-3-7-16)22-14-13-21-12-4-8-17(21)20(22)18-9-5-15-24-18/h1-12,15,20H,13-14H2. The van der Waals surface area contributed by atoms with Gasteiger partial charge >= 0.3 is 0 Å². The number of rotatable bonds is 3. The van der Waals surface area contributed by atoms with Crippen molar-refractivity contribution < 1.29 is 4.79 Å². The fourth-order valence-corrected chi connectivity index (χ4v) is 4.04. The molecule has 0 aliphatic carbocycles. The molecular weight excluding hydrogens is 316 g/mol. The van der Waals surface area contributed by atoms with Gasteiger partial charge in [0.25, 0.3) is 0 Å². The number of benzene rings is 1. The molecule has 1 aromatic carbocycles. The first-order valence-electron chi connectivity index (χ1n) is 8.05. The second-order valence-electron chi connectivity index (χ2n) is 5.82. The molecule has 120 valence electrons. The number of carbonyl (C=O) groups is 1. The smallest absolute Gasteiger partial charge is 0.247 e. The van der Waals surface area contributed by atoms with Gasteiger partial charge in [-0.05, 0) is 35.2 Å². The van der Waals surface area contributed by atoms with Crippen molar-refractivity contribution in [1.82, 2.24) is 9.47 Å². The zero-order chi connectivity index (χ0) is 16.4. The minimum atomic E-state index is 0.00155. The second kappa shape index (κ2) is 6.49. The Balaban J connectivity index is 1.64. The third kappa shape index (κ3) is 2.81. The fourth-order valence-electron chi connectivity index (χ4n) is 3.19. The molecule has 2 aromatic heterocycles. The van der Waals surface area contributed by atoms with Crippen LogP contribution in [0.3, 0.4) is 0 Å². The van der Waals surface area contributed by atoms with Crippen LogP contribution in [0.1, 0.15) is 22.2 Å². The van der Waals surface area contributed by atoms with Crippen molar-refractivity contribution in [2.45, 2.75) is 12.6 Å². The van der Waals surface area contributed by atoms with Crippen molar-refractivity contribution in [2.24, 2.45) is 0 Å². The van der Waals surface area contributed by atoms with E-state index in [-0.39, 0.29) is 11.9 Å². The van der Waals surface area contributed by atoms with Gasteiger partial charge in [0, 0.05) is 35.9 Å². The predicted octanol–water partition coefficient (Wildman–Crippen LogP) is 4.19. The van der Waals surface area contributed by atoms with Gasteiger partial charge in [-0.25, -0.2) is 0 Å². The first kappa shape index (κ1) is 15.0. The quantitative estimate of drug-likeness (QED) is 0.659. The predicted molar refractivity (Wildman–Crippen MR) is 97.8 cm³/mol. The molecule has 0 saturated carbocycles. The zero-order valence-corrected chi connectivity index (χ0v) is 14.0. The van der Waals surface area contributed by atoms with Gasteiger partial charge in [0.2, 0.25) is 5.91 Å². The largest absolute Gasteiger partial charge is 0.347 e. The van der Waals surface area contributed by atoms with Crippen molar-refractivity contribution in [3.63, 3.8) is 0 Å². The number of thiophene rings is 1. The summed E-state index contributed by atoms with van der Waals surface area (Å²) in [5.41, 5.74) is 2.23. The van der Waals surface area contributed by atoms with Crippen LogP contribution in [0, 0.1) is 0 Å². The molecular formula is C20H18N2OS. The Morgan fingerprint density at radius 3 is 2.71 bits per heavy atom. The molecule has 1 aliphatic heterocycles. The highest BCUT2D eigenvalue weighted by Gasteiger charge is 2.31. The molecule has 1 atom stereocenters. The minimum Gasteiger partial charge on any atom is -0.347 e. The molecule has 3 aromatic rings. The second-order valence-corrected chi connectivity index (χ2v) is 6.80. The van der Waals surface area contributed by atoms with Gasteiger partial charge in [-0.1, -0.05) is 36.4 Å². The van der Waals surface area contributed by atoms with Crippen LogP contribution in [-0.4, -0.2) is 21.9 Å². The Hall–Kier alpha value is -2.59. The van der Waals surface area contributed by atoms with E-state index in [0.29, 0.717) is 0 Å². The molecule has 1 unspecified atom stereocenters. The molecule has 0 N–H and O–H groups in total. The molecule has 4 heteroatoms. The van der Waals surface area contributed by atoms with E-state index >= 15 is 0 Å². The molecule has 1 amide bonds. The highest BCUT2D eigenvalue weighted by atomic mass is 32.1. The van der Waals surface area contributed by atoms with E-state index in [0.717, 1.165) is 18.7 Å². The Bertz CT molecular complexity index is 849. The van der Waals surface area contributed by atoms with E-state index in [1.165, 1.54) is 10.6 Å². The molecule has 24 heavy (non-hydrogen) atoms. The Morgan fingerprint density at radius 1 is 1.04 bits per heavy atom. The Kier molecular flexibility index (Phi) is 4.05. The van der Waals surface area contributed by atoms with E-state index in [9.17, 15) is 4.79 Å². The molecule has 0 fully saturated rings. The molecule has 3 heterocycles. The molecule has 1 aliphatic rings. The highest BCUT2D eigenvalue weighted by Crippen LogP contribution is 2.35. The van der Waals surface area contributed by atoms with Crippen molar-refractivity contribution in [2.75, 3.05) is 6.54 Å². The zero-order valence-electron chi connectivity index (χ0n) is 13.2. The third-order valence-corrected chi connectivity index (χ3v) is 5.28. The highest BCUT2D eigenvalue weighted by molar-refractivity contribution is 7.10. The summed E-state index contributed by atoms with van der Waals surface area (Å²) in [5.74, 6) is 0.0599. The molecule has 3 nitrogen and oxygen atoms in total. The lowest BCUT2D eigenvalue weighted by Crippen LogP contribution is -2.41. The molecule has 4 rings (SSSR count). The van der Waals surface area contributed by atoms with E-state index in [4.69, 9.17) is 0 Å². The lowest BCUT2D eigenvalue weighted by Gasteiger charge is -2.36. The Morgan fingerprint density at radius 2 is 1.92 bits per heavy atom. The first-order chi connectivity index (χ1) is 11.8. The van der Waals surface area contributed by atoms with Crippen molar-refractivity contribution in [3.05, 3.63) is 88.4 Å². The van der Waals surface area contributed by atoms with Gasteiger partial charge in [0.05, 0.1) is 0 Å². The number of hydrogen-bond acceptors (Lipinski definition) is 2. The summed E-state index contributed by atoms with van der Waals surface area (Å²) in [6, 6.07) is 18.3. The lowest BCUT2D eigenvalue weighted by molar-refractivity contribution is -0.128. The fraction of sp³-hybridized carbons (Fsp3) is 0.150. The van der Waals surface area contributed by atoms with E-state index in [2.05, 4.69) is 34.3 Å². The topological polar surface area (TPSA) is 25.2 Å². The van der Waals surface area contributed by atoms with Gasteiger partial charge in [-0.2, -0.15) is 0 Å². The van der Waals surface area contributed by atoms with Crippen molar-refractivity contribution in [3.8, 4) is 0 Å². The van der Waals surface area contributed by atoms with Crippen LogP contribution >= 0.6 is 11.3 Å². The van der Waals surface area contributed by atoms with Crippen LogP contribution in [0.25, 0.3) is 6.08 Å². The third-order valence-electron chi connectivity index (χ3n) is 4.35. The van der Waals surface area contributed by atoms with Gasteiger partial charge in [0.15, 0.2) is 0 Å². The summed E-state index contributed by atoms with van der Waals surface area (Å²) in [6.07, 6.45) is 5.67. The van der Waals surface area contributed by atoms with Crippen molar-refractivity contribution >= 4 is 23.3 Å². The summed E-state index contributed by atoms with van der Waals surface area (Å²) in [5, 5.41) is 2.07. The summed E-state index contributed by atoms with van der Waals surface area (Å²) in [4.78, 5) is 16.0. The van der Waals surface area contributed by atoms with E-state index in [1.54, 1.807) is 17.4 Å². The number of amides is 1. The van der Waals surface area contributed by atoms with E-state index < -0.39 is 0 Å². The number of hydrogen-bond donors (Lipinski definition) is 0. The molecule has 0 bridgehead atoms. The van der Waals surface area contributed by atoms with Gasteiger partial charge < -0.3 is 9.47 Å². The van der Waals surface area contributed by atoms with Gasteiger partial charge in [0.1, 0.15) is 6.04 Å². The molecule has 0 radical (unpaired) electrons. The number of aromatic nitrogens is 1. The van der Waals surface area contributed by atoms with Crippen LogP contribution in [0.4, 0.5) is 0 Å². The average Bonchev–Trinajstić information content (AvgIpc) is 3.31. The normalized spacial score (nSPS) is 17.2. The molecule has 0 saturated heterocycles. The van der Waals surface area contributed by atoms with Crippen LogP contribution < -0.4 is 0 Å². The number of nitrogens with zero attached hydrogens (tertiary/aromatic N) is 2. The van der Waals surface area contributed by atoms with Gasteiger partial charge in [-0.3, -0.25) is 4.79 Å². The Labute approximate surface area is 145 Å². The van der Waals surface area contributed by atoms with Crippen LogP contribution in [0.5, 0.6) is 0 Å². The number of carbonyl (C=O) groups excluding carboxylic acids is 1. The number of fused-ring (bicyclic) bond motifs is 1. The summed E-state index contributed by atoms with van der Waals surface area (Å²) in [6.45, 7) is 1.57. The van der Waals surface area contributed by atoms with Crippen LogP contribution in [-0.2, 0) is 11.3 Å². The van der Waals surface area contributed by atoms with Crippen molar-refractivity contribution in [1.29, 1.82) is 0 Å². The van der Waals surface area contributed by atoms with Crippen LogP contribution in [0.15, 0.2) is 72.3 Å². The van der Waals surface area contributed by atoms with Gasteiger partial charge in [-0.15, -0.1) is 11.3 Å². The summed E-state index contributed by atoms with van der Waals surface area (Å²) < 4.78 is 2.25. The maximum Gasteiger partial charge on any atom is 0.247 e. The monoisotopic (exact) mass is 334 g/mol. The van der Waals surface area contributed by atoms with E-state index in [1.807, 2.05) is 47.4 Å². The summed E-state index contributed by atoms with van der Waals surface area (Å²) in [7, 11) is 0. The lowest BCUT2D eigenvalue weighted by atomic mass is 10.1.